The average Bonchev–Trinajstić information content (AvgIpc) is 3.06. The Kier molecular flexibility index (Phi) is 7.35. The van der Waals surface area contributed by atoms with E-state index in [-0.39, 0.29) is 23.3 Å². The van der Waals surface area contributed by atoms with Crippen LogP contribution in [-0.4, -0.2) is 26.4 Å². The van der Waals surface area contributed by atoms with Gasteiger partial charge in [-0.2, -0.15) is 0 Å². The zero-order valence-corrected chi connectivity index (χ0v) is 17.7. The van der Waals surface area contributed by atoms with Gasteiger partial charge in [0.1, 0.15) is 18.2 Å². The number of rotatable bonds is 8. The van der Waals surface area contributed by atoms with Crippen molar-refractivity contribution in [2.45, 2.75) is 18.3 Å². The van der Waals surface area contributed by atoms with Gasteiger partial charge in [-0.15, -0.1) is 10.2 Å². The molecule has 0 aliphatic heterocycles. The van der Waals surface area contributed by atoms with E-state index in [1.54, 1.807) is 23.7 Å². The van der Waals surface area contributed by atoms with Crippen LogP contribution in [0.5, 0.6) is 5.75 Å². The lowest BCUT2D eigenvalue weighted by molar-refractivity contribution is -0.118. The zero-order valence-electron chi connectivity index (χ0n) is 15.4. The Labute approximate surface area is 181 Å². The summed E-state index contributed by atoms with van der Waals surface area (Å²) in [6.45, 7) is 0.559. The first-order valence-electron chi connectivity index (χ1n) is 8.52. The van der Waals surface area contributed by atoms with Crippen LogP contribution in [0.4, 0.5) is 4.39 Å². The largest absolute Gasteiger partial charge is 0.486 e. The molecule has 1 aromatic heterocycles. The summed E-state index contributed by atoms with van der Waals surface area (Å²) >= 11 is 12.9. The number of benzene rings is 2. The molecule has 152 valence electrons. The van der Waals surface area contributed by atoms with Gasteiger partial charge in [-0.1, -0.05) is 47.1 Å². The minimum Gasteiger partial charge on any atom is -0.486 e. The molecule has 0 aliphatic rings. The topological polar surface area (TPSA) is 69.0 Å². The van der Waals surface area contributed by atoms with Crippen molar-refractivity contribution in [1.82, 2.24) is 20.1 Å². The van der Waals surface area contributed by atoms with Crippen LogP contribution in [0.25, 0.3) is 0 Å². The van der Waals surface area contributed by atoms with Gasteiger partial charge in [0.15, 0.2) is 11.0 Å². The summed E-state index contributed by atoms with van der Waals surface area (Å²) in [6, 6.07) is 11.4. The van der Waals surface area contributed by atoms with Crippen molar-refractivity contribution in [3.05, 3.63) is 69.7 Å². The average molecular weight is 455 g/mol. The Morgan fingerprint density at radius 1 is 1.21 bits per heavy atom. The van der Waals surface area contributed by atoms with Crippen molar-refractivity contribution in [2.75, 3.05) is 5.75 Å². The number of halogens is 3. The van der Waals surface area contributed by atoms with E-state index in [1.165, 1.54) is 30.0 Å². The van der Waals surface area contributed by atoms with Gasteiger partial charge in [0, 0.05) is 24.7 Å². The molecule has 0 unspecified atom stereocenters. The molecule has 1 amide bonds. The third-order valence-electron chi connectivity index (χ3n) is 3.92. The summed E-state index contributed by atoms with van der Waals surface area (Å²) in [6.07, 6.45) is 0. The molecule has 0 fully saturated rings. The summed E-state index contributed by atoms with van der Waals surface area (Å²) in [5.74, 6) is 0.565. The molecule has 0 saturated heterocycles. The number of aromatic nitrogens is 3. The lowest BCUT2D eigenvalue weighted by atomic mass is 10.2. The second kappa shape index (κ2) is 9.96. The lowest BCUT2D eigenvalue weighted by Gasteiger charge is -2.07. The SMILES string of the molecule is Cn1c(COc2ccc(F)c(Cl)c2)nnc1SCC(=O)NCc1ccc(Cl)cc1. The second-order valence-corrected chi connectivity index (χ2v) is 7.80. The van der Waals surface area contributed by atoms with Crippen LogP contribution >= 0.6 is 35.0 Å². The van der Waals surface area contributed by atoms with E-state index in [1.807, 2.05) is 12.1 Å². The molecule has 0 radical (unpaired) electrons. The minimum absolute atomic E-state index is 0.0127. The Morgan fingerprint density at radius 2 is 1.97 bits per heavy atom. The number of thioether (sulfide) groups is 1. The van der Waals surface area contributed by atoms with E-state index in [2.05, 4.69) is 15.5 Å². The van der Waals surface area contributed by atoms with E-state index in [4.69, 9.17) is 27.9 Å². The van der Waals surface area contributed by atoms with Crippen LogP contribution in [0.2, 0.25) is 10.0 Å². The number of hydrogen-bond acceptors (Lipinski definition) is 5. The molecule has 6 nitrogen and oxygen atoms in total. The normalized spacial score (nSPS) is 10.8. The summed E-state index contributed by atoms with van der Waals surface area (Å²) in [4.78, 5) is 12.1. The third-order valence-corrected chi connectivity index (χ3v) is 5.48. The Hall–Kier alpha value is -2.29. The minimum atomic E-state index is -0.509. The van der Waals surface area contributed by atoms with Gasteiger partial charge in [-0.05, 0) is 29.8 Å². The quantitative estimate of drug-likeness (QED) is 0.515. The van der Waals surface area contributed by atoms with Crippen molar-refractivity contribution in [3.63, 3.8) is 0 Å². The Morgan fingerprint density at radius 3 is 2.69 bits per heavy atom. The molecule has 1 N–H and O–H groups in total. The van der Waals surface area contributed by atoms with E-state index in [0.29, 0.717) is 28.3 Å². The van der Waals surface area contributed by atoms with E-state index >= 15 is 0 Å². The molecule has 3 aromatic rings. The predicted octanol–water partition coefficient (Wildman–Crippen LogP) is 4.25. The zero-order chi connectivity index (χ0) is 20.8. The molecular formula is C19H17Cl2FN4O2S. The third kappa shape index (κ3) is 6.09. The number of ether oxygens (including phenoxy) is 1. The number of nitrogens with zero attached hydrogens (tertiary/aromatic N) is 3. The van der Waals surface area contributed by atoms with Crippen molar-refractivity contribution >= 4 is 40.9 Å². The van der Waals surface area contributed by atoms with Crippen molar-refractivity contribution in [3.8, 4) is 5.75 Å². The highest BCUT2D eigenvalue weighted by Crippen LogP contribution is 2.22. The molecule has 0 saturated carbocycles. The van der Waals surface area contributed by atoms with Crippen LogP contribution < -0.4 is 10.1 Å². The molecule has 0 atom stereocenters. The first-order chi connectivity index (χ1) is 13.9. The lowest BCUT2D eigenvalue weighted by Crippen LogP contribution is -2.24. The fourth-order valence-electron chi connectivity index (χ4n) is 2.29. The van der Waals surface area contributed by atoms with Crippen LogP contribution in [0.15, 0.2) is 47.6 Å². The van der Waals surface area contributed by atoms with Crippen molar-refractivity contribution in [2.24, 2.45) is 7.05 Å². The maximum Gasteiger partial charge on any atom is 0.230 e. The van der Waals surface area contributed by atoms with E-state index < -0.39 is 5.82 Å². The van der Waals surface area contributed by atoms with Crippen LogP contribution in [0.1, 0.15) is 11.4 Å². The van der Waals surface area contributed by atoms with Crippen molar-refractivity contribution in [1.29, 1.82) is 0 Å². The monoisotopic (exact) mass is 454 g/mol. The number of carbonyl (C=O) groups excluding carboxylic acids is 1. The van der Waals surface area contributed by atoms with E-state index in [0.717, 1.165) is 5.56 Å². The predicted molar refractivity (Wildman–Crippen MR) is 111 cm³/mol. The first kappa shape index (κ1) is 21.4. The van der Waals surface area contributed by atoms with Gasteiger partial charge in [0.05, 0.1) is 10.8 Å². The molecular weight excluding hydrogens is 438 g/mol. The van der Waals surface area contributed by atoms with Crippen molar-refractivity contribution < 1.29 is 13.9 Å². The van der Waals surface area contributed by atoms with Gasteiger partial charge < -0.3 is 14.6 Å². The Bertz CT molecular complexity index is 998. The van der Waals surface area contributed by atoms with Gasteiger partial charge in [-0.3, -0.25) is 4.79 Å². The maximum atomic E-state index is 13.2. The van der Waals surface area contributed by atoms with E-state index in [9.17, 15) is 9.18 Å². The second-order valence-electron chi connectivity index (χ2n) is 6.01. The van der Waals surface area contributed by atoms with Gasteiger partial charge in [0.25, 0.3) is 0 Å². The van der Waals surface area contributed by atoms with Gasteiger partial charge >= 0.3 is 0 Å². The Balaban J connectivity index is 1.47. The first-order valence-corrected chi connectivity index (χ1v) is 10.3. The number of hydrogen-bond donors (Lipinski definition) is 1. The number of amides is 1. The smallest absolute Gasteiger partial charge is 0.230 e. The molecule has 1 heterocycles. The highest BCUT2D eigenvalue weighted by Gasteiger charge is 2.12. The van der Waals surface area contributed by atoms with Crippen LogP contribution in [-0.2, 0) is 25.0 Å². The summed E-state index contributed by atoms with van der Waals surface area (Å²) in [7, 11) is 1.78. The maximum absolute atomic E-state index is 13.2. The molecule has 0 spiro atoms. The fraction of sp³-hybridized carbons (Fsp3) is 0.211. The number of carbonyl (C=O) groups is 1. The molecule has 0 aliphatic carbocycles. The molecule has 0 bridgehead atoms. The van der Waals surface area contributed by atoms with Gasteiger partial charge in [-0.25, -0.2) is 4.39 Å². The summed E-state index contributed by atoms with van der Waals surface area (Å²) < 4.78 is 20.5. The fourth-order valence-corrected chi connectivity index (χ4v) is 3.35. The van der Waals surface area contributed by atoms with Crippen LogP contribution in [0.3, 0.4) is 0 Å². The number of nitrogens with one attached hydrogen (secondary N) is 1. The highest BCUT2D eigenvalue weighted by molar-refractivity contribution is 7.99. The van der Waals surface area contributed by atoms with Crippen LogP contribution in [0, 0.1) is 5.82 Å². The standard InChI is InChI=1S/C19H17Cl2FN4O2S/c1-26-17(10-28-14-6-7-16(22)15(21)8-14)24-25-19(26)29-11-18(27)23-9-12-2-4-13(20)5-3-12/h2-8H,9-11H2,1H3,(H,23,27). The summed E-state index contributed by atoms with van der Waals surface area (Å²) in [5.41, 5.74) is 0.965. The summed E-state index contributed by atoms with van der Waals surface area (Å²) in [5, 5.41) is 12.2. The van der Waals surface area contributed by atoms with Gasteiger partial charge in [0.2, 0.25) is 5.91 Å². The molecule has 10 heteroatoms. The molecule has 3 rings (SSSR count). The molecule has 2 aromatic carbocycles. The highest BCUT2D eigenvalue weighted by atomic mass is 35.5. The molecule has 29 heavy (non-hydrogen) atoms.